The van der Waals surface area contributed by atoms with E-state index < -0.39 is 24.4 Å². The zero-order chi connectivity index (χ0) is 32.4. The predicted octanol–water partition coefficient (Wildman–Crippen LogP) is 11.2. The van der Waals surface area contributed by atoms with Gasteiger partial charge in [-0.15, -0.1) is 0 Å². The first-order chi connectivity index (χ1) is 21.5. The molecule has 0 unspecified atom stereocenters. The third-order valence-corrected chi connectivity index (χ3v) is 8.75. The monoisotopic (exact) mass is 624 g/mol. The summed E-state index contributed by atoms with van der Waals surface area (Å²) >= 11 is 0. The Bertz CT molecular complexity index is 653. The molecule has 0 aliphatic rings. The third-order valence-electron chi connectivity index (χ3n) is 8.75. The molecule has 0 saturated heterocycles. The Morgan fingerprint density at radius 2 is 0.818 bits per heavy atom. The smallest absolute Gasteiger partial charge is 0.329 e. The Hall–Kier alpha value is -1.59. The van der Waals surface area contributed by atoms with Crippen LogP contribution in [0.2, 0.25) is 0 Å². The van der Waals surface area contributed by atoms with Gasteiger partial charge < -0.3 is 15.2 Å². The van der Waals surface area contributed by atoms with Crippen molar-refractivity contribution in [2.75, 3.05) is 6.61 Å². The lowest BCUT2D eigenvalue weighted by Crippen LogP contribution is -2.43. The van der Waals surface area contributed by atoms with Gasteiger partial charge >= 0.3 is 11.9 Å². The van der Waals surface area contributed by atoms with Crippen LogP contribution < -0.4 is 5.32 Å². The number of unbranched alkanes of at least 4 members (excludes halogenated alkanes) is 27. The molecule has 0 saturated carbocycles. The summed E-state index contributed by atoms with van der Waals surface area (Å²) < 4.78 is 5.32. The lowest BCUT2D eigenvalue weighted by atomic mass is 10.0. The van der Waals surface area contributed by atoms with E-state index in [4.69, 9.17) is 4.74 Å². The van der Waals surface area contributed by atoms with Crippen LogP contribution in [0.4, 0.5) is 0 Å². The fourth-order valence-electron chi connectivity index (χ4n) is 5.86. The van der Waals surface area contributed by atoms with Crippen molar-refractivity contribution in [3.63, 3.8) is 0 Å². The van der Waals surface area contributed by atoms with Crippen LogP contribution in [0.3, 0.4) is 0 Å². The Morgan fingerprint density at radius 1 is 0.500 bits per heavy atom. The Balaban J connectivity index is 3.72. The van der Waals surface area contributed by atoms with Gasteiger partial charge in [-0.3, -0.25) is 9.59 Å². The van der Waals surface area contributed by atoms with Crippen molar-refractivity contribution in [1.29, 1.82) is 0 Å². The highest BCUT2D eigenvalue weighted by Gasteiger charge is 2.25. The van der Waals surface area contributed by atoms with E-state index in [1.807, 2.05) is 0 Å². The Morgan fingerprint density at radius 3 is 1.16 bits per heavy atom. The largest absolute Gasteiger partial charge is 0.481 e. The average molecular weight is 624 g/mol. The first-order valence-corrected chi connectivity index (χ1v) is 19.2. The van der Waals surface area contributed by atoms with Gasteiger partial charge in [0.25, 0.3) is 0 Å². The van der Waals surface area contributed by atoms with Gasteiger partial charge in [-0.25, -0.2) is 4.79 Å². The zero-order valence-corrected chi connectivity index (χ0v) is 29.3. The molecule has 6 nitrogen and oxygen atoms in total. The second-order valence-corrected chi connectivity index (χ2v) is 13.2. The van der Waals surface area contributed by atoms with Gasteiger partial charge in [0.05, 0.1) is 13.0 Å². The molecule has 0 aromatic carbocycles. The minimum atomic E-state index is -1.12. The molecule has 0 aromatic heterocycles. The molecule has 6 heteroatoms. The summed E-state index contributed by atoms with van der Waals surface area (Å²) in [4.78, 5) is 36.1. The molecule has 0 fully saturated rings. The molecular formula is C38H73NO5. The van der Waals surface area contributed by atoms with Crippen LogP contribution in [-0.2, 0) is 19.1 Å². The normalized spacial score (nSPS) is 11.9. The van der Waals surface area contributed by atoms with Crippen molar-refractivity contribution >= 4 is 17.8 Å². The molecule has 1 amide bonds. The molecule has 0 aliphatic heterocycles. The zero-order valence-electron chi connectivity index (χ0n) is 29.3. The van der Waals surface area contributed by atoms with Crippen molar-refractivity contribution < 1.29 is 24.2 Å². The molecule has 44 heavy (non-hydrogen) atoms. The lowest BCUT2D eigenvalue weighted by Gasteiger charge is -2.16. The standard InChI is InChI=1S/C38H73NO5/c1-3-5-7-9-11-13-15-17-18-19-20-21-22-24-26-28-30-32-36(40)39-35(34-37(41)42)38(43)44-33-31-29-27-25-23-16-14-12-10-8-6-4-2/h35H,3-34H2,1-2H3,(H,39,40)(H,41,42)/t35-/m0/s1. The average Bonchev–Trinajstić information content (AvgIpc) is 3.00. The third kappa shape index (κ3) is 31.8. The van der Waals surface area contributed by atoms with Crippen molar-refractivity contribution in [3.05, 3.63) is 0 Å². The van der Waals surface area contributed by atoms with E-state index in [0.717, 1.165) is 38.5 Å². The van der Waals surface area contributed by atoms with Gasteiger partial charge in [-0.05, 0) is 12.8 Å². The van der Waals surface area contributed by atoms with Crippen molar-refractivity contribution in [2.24, 2.45) is 0 Å². The summed E-state index contributed by atoms with van der Waals surface area (Å²) in [5.74, 6) is -2.01. The predicted molar refractivity (Wildman–Crippen MR) is 185 cm³/mol. The molecular weight excluding hydrogens is 550 g/mol. The Labute approximate surface area is 272 Å². The summed E-state index contributed by atoms with van der Waals surface area (Å²) in [6.07, 6.45) is 36.5. The quantitative estimate of drug-likeness (QED) is 0.0541. The summed E-state index contributed by atoms with van der Waals surface area (Å²) in [5.41, 5.74) is 0. The number of carboxylic acids is 1. The van der Waals surface area contributed by atoms with E-state index in [9.17, 15) is 19.5 Å². The maximum absolute atomic E-state index is 12.4. The molecule has 260 valence electrons. The Kier molecular flexibility index (Phi) is 33.0. The van der Waals surface area contributed by atoms with Crippen molar-refractivity contribution in [1.82, 2.24) is 5.32 Å². The van der Waals surface area contributed by atoms with E-state index in [1.54, 1.807) is 0 Å². The number of hydrogen-bond acceptors (Lipinski definition) is 4. The van der Waals surface area contributed by atoms with Crippen LogP contribution in [-0.4, -0.2) is 35.6 Å². The fourth-order valence-corrected chi connectivity index (χ4v) is 5.86. The summed E-state index contributed by atoms with van der Waals surface area (Å²) in [5, 5.41) is 11.8. The van der Waals surface area contributed by atoms with E-state index in [2.05, 4.69) is 19.2 Å². The SMILES string of the molecule is CCCCCCCCCCCCCCCCCCCC(=O)N[C@@H](CC(=O)O)C(=O)OCCCCCCCCCCCCCC. The number of nitrogens with one attached hydrogen (secondary N) is 1. The molecule has 0 rings (SSSR count). The minimum absolute atomic E-state index is 0.264. The highest BCUT2D eigenvalue weighted by molar-refractivity contribution is 5.87. The minimum Gasteiger partial charge on any atom is -0.481 e. The number of carbonyl (C=O) groups excluding carboxylic acids is 2. The molecule has 0 spiro atoms. The number of aliphatic carboxylic acids is 1. The van der Waals surface area contributed by atoms with Crippen LogP contribution in [0, 0.1) is 0 Å². The molecule has 0 aliphatic carbocycles. The van der Waals surface area contributed by atoms with Crippen molar-refractivity contribution in [2.45, 2.75) is 219 Å². The maximum atomic E-state index is 12.4. The first kappa shape index (κ1) is 42.4. The van der Waals surface area contributed by atoms with Gasteiger partial charge in [0.15, 0.2) is 0 Å². The number of amides is 1. The fraction of sp³-hybridized carbons (Fsp3) is 0.921. The summed E-state index contributed by atoms with van der Waals surface area (Å²) in [7, 11) is 0. The van der Waals surface area contributed by atoms with E-state index in [-0.39, 0.29) is 12.5 Å². The molecule has 0 bridgehead atoms. The van der Waals surface area contributed by atoms with Gasteiger partial charge in [-0.2, -0.15) is 0 Å². The molecule has 1 atom stereocenters. The number of ether oxygens (including phenoxy) is 1. The maximum Gasteiger partial charge on any atom is 0.329 e. The van der Waals surface area contributed by atoms with Gasteiger partial charge in [0.1, 0.15) is 6.04 Å². The highest BCUT2D eigenvalue weighted by Crippen LogP contribution is 2.15. The second kappa shape index (κ2) is 34.3. The summed E-state index contributed by atoms with van der Waals surface area (Å²) in [6.45, 7) is 4.80. The topological polar surface area (TPSA) is 92.7 Å². The second-order valence-electron chi connectivity index (χ2n) is 13.2. The lowest BCUT2D eigenvalue weighted by molar-refractivity contribution is -0.151. The van der Waals surface area contributed by atoms with Crippen molar-refractivity contribution in [3.8, 4) is 0 Å². The number of rotatable bonds is 35. The van der Waals surface area contributed by atoms with Crippen LogP contribution in [0.15, 0.2) is 0 Å². The summed E-state index contributed by atoms with van der Waals surface area (Å²) in [6, 6.07) is -1.11. The van der Waals surface area contributed by atoms with Crippen LogP contribution in [0.25, 0.3) is 0 Å². The number of esters is 1. The van der Waals surface area contributed by atoms with Gasteiger partial charge in [-0.1, -0.05) is 187 Å². The van der Waals surface area contributed by atoms with Crippen LogP contribution in [0.1, 0.15) is 213 Å². The van der Waals surface area contributed by atoms with Gasteiger partial charge in [0.2, 0.25) is 5.91 Å². The number of carboxylic acid groups (broad SMARTS) is 1. The van der Waals surface area contributed by atoms with Crippen LogP contribution >= 0.6 is 0 Å². The number of hydrogen-bond donors (Lipinski definition) is 2. The molecule has 0 heterocycles. The highest BCUT2D eigenvalue weighted by atomic mass is 16.5. The molecule has 0 aromatic rings. The van der Waals surface area contributed by atoms with E-state index >= 15 is 0 Å². The van der Waals surface area contributed by atoms with Crippen LogP contribution in [0.5, 0.6) is 0 Å². The molecule has 2 N–H and O–H groups in total. The van der Waals surface area contributed by atoms with Gasteiger partial charge in [0, 0.05) is 6.42 Å². The van der Waals surface area contributed by atoms with E-state index in [1.165, 1.54) is 148 Å². The molecule has 0 radical (unpaired) electrons. The van der Waals surface area contributed by atoms with E-state index in [0.29, 0.717) is 6.42 Å². The first-order valence-electron chi connectivity index (χ1n) is 19.2. The number of carbonyl (C=O) groups is 3.